The van der Waals surface area contributed by atoms with Crippen molar-refractivity contribution in [1.29, 1.82) is 0 Å². The molecule has 5 nitrogen and oxygen atoms in total. The van der Waals surface area contributed by atoms with Crippen molar-refractivity contribution in [2.24, 2.45) is 0 Å². The van der Waals surface area contributed by atoms with Crippen LogP contribution in [-0.2, 0) is 29.4 Å². The molecule has 2 aliphatic heterocycles. The molecule has 1 unspecified atom stereocenters. The molecule has 1 atom stereocenters. The van der Waals surface area contributed by atoms with E-state index in [0.717, 1.165) is 23.2 Å². The summed E-state index contributed by atoms with van der Waals surface area (Å²) in [6.45, 7) is 2.87. The van der Waals surface area contributed by atoms with Gasteiger partial charge in [-0.1, -0.05) is 42.5 Å². The smallest absolute Gasteiger partial charge is 0.258 e. The third-order valence-electron chi connectivity index (χ3n) is 6.26. The van der Waals surface area contributed by atoms with E-state index in [1.165, 1.54) is 9.87 Å². The zero-order valence-electron chi connectivity index (χ0n) is 17.4. The molecule has 3 aromatic carbocycles. The van der Waals surface area contributed by atoms with Gasteiger partial charge in [-0.15, -0.1) is 0 Å². The lowest BCUT2D eigenvalue weighted by Gasteiger charge is -2.28. The summed E-state index contributed by atoms with van der Waals surface area (Å²) in [5, 5.41) is 0. The fourth-order valence-electron chi connectivity index (χ4n) is 4.61. The van der Waals surface area contributed by atoms with Crippen LogP contribution in [0.1, 0.15) is 34.0 Å². The minimum Gasteiger partial charge on any atom is -0.305 e. The summed E-state index contributed by atoms with van der Waals surface area (Å²) in [6, 6.07) is 22.3. The Hall–Kier alpha value is -2.96. The summed E-state index contributed by atoms with van der Waals surface area (Å²) in [5.41, 5.74) is 4.84. The number of benzene rings is 3. The third-order valence-corrected chi connectivity index (χ3v) is 8.12. The number of anilines is 1. The van der Waals surface area contributed by atoms with Gasteiger partial charge in [0, 0.05) is 30.4 Å². The molecule has 2 heterocycles. The lowest BCUT2D eigenvalue weighted by atomic mass is 10.0. The molecule has 0 spiro atoms. The highest BCUT2D eigenvalue weighted by molar-refractivity contribution is 7.89. The predicted molar refractivity (Wildman–Crippen MR) is 121 cm³/mol. The van der Waals surface area contributed by atoms with E-state index in [1.807, 2.05) is 49.4 Å². The normalized spacial score (nSPS) is 18.5. The van der Waals surface area contributed by atoms with Crippen molar-refractivity contribution >= 4 is 21.6 Å². The summed E-state index contributed by atoms with van der Waals surface area (Å²) in [5.74, 6) is -0.103. The highest BCUT2D eigenvalue weighted by Gasteiger charge is 2.32. The highest BCUT2D eigenvalue weighted by Crippen LogP contribution is 2.33. The van der Waals surface area contributed by atoms with E-state index in [-0.39, 0.29) is 16.8 Å². The molecule has 158 valence electrons. The van der Waals surface area contributed by atoms with Crippen LogP contribution in [0.15, 0.2) is 77.7 Å². The Balaban J connectivity index is 1.38. The van der Waals surface area contributed by atoms with Crippen LogP contribution in [0.2, 0.25) is 0 Å². The van der Waals surface area contributed by atoms with Gasteiger partial charge >= 0.3 is 0 Å². The van der Waals surface area contributed by atoms with Gasteiger partial charge in [0.05, 0.1) is 4.90 Å². The molecule has 1 amide bonds. The van der Waals surface area contributed by atoms with E-state index in [1.54, 1.807) is 29.2 Å². The van der Waals surface area contributed by atoms with Crippen LogP contribution in [0, 0.1) is 0 Å². The molecule has 0 radical (unpaired) electrons. The number of fused-ring (bicyclic) bond motifs is 2. The molecular formula is C25H24N2O3S. The standard InChI is InChI=1S/C25H24N2O3S/c1-18-16-21-7-4-5-9-24(21)27(18)25(28)20-10-12-23(13-11-20)31(29,30)26-15-14-19-6-2-3-8-22(19)17-26/h2-13,18H,14-17H2,1H3. The number of hydrogen-bond acceptors (Lipinski definition) is 3. The summed E-state index contributed by atoms with van der Waals surface area (Å²) >= 11 is 0. The molecule has 0 saturated heterocycles. The monoisotopic (exact) mass is 432 g/mol. The van der Waals surface area contributed by atoms with Crippen molar-refractivity contribution in [3.05, 3.63) is 95.1 Å². The van der Waals surface area contributed by atoms with Crippen molar-refractivity contribution in [3.8, 4) is 0 Å². The second kappa shape index (κ2) is 7.62. The quantitative estimate of drug-likeness (QED) is 0.628. The first-order valence-corrected chi connectivity index (χ1v) is 12.0. The molecular weight excluding hydrogens is 408 g/mol. The Bertz CT molecular complexity index is 1250. The Morgan fingerprint density at radius 3 is 2.26 bits per heavy atom. The van der Waals surface area contributed by atoms with Crippen LogP contribution < -0.4 is 4.90 Å². The maximum atomic E-state index is 13.2. The van der Waals surface area contributed by atoms with Crippen molar-refractivity contribution in [3.63, 3.8) is 0 Å². The molecule has 0 fully saturated rings. The van der Waals surface area contributed by atoms with Gasteiger partial charge in [-0.25, -0.2) is 8.42 Å². The van der Waals surface area contributed by atoms with Crippen LogP contribution in [0.3, 0.4) is 0 Å². The van der Waals surface area contributed by atoms with Crippen LogP contribution >= 0.6 is 0 Å². The van der Waals surface area contributed by atoms with E-state index >= 15 is 0 Å². The Morgan fingerprint density at radius 2 is 1.52 bits per heavy atom. The summed E-state index contributed by atoms with van der Waals surface area (Å²) in [4.78, 5) is 15.2. The topological polar surface area (TPSA) is 57.7 Å². The first-order valence-electron chi connectivity index (χ1n) is 10.5. The maximum absolute atomic E-state index is 13.2. The van der Waals surface area contributed by atoms with Gasteiger partial charge < -0.3 is 4.90 Å². The molecule has 0 bridgehead atoms. The van der Waals surface area contributed by atoms with Crippen LogP contribution in [0.5, 0.6) is 0 Å². The third kappa shape index (κ3) is 3.46. The summed E-state index contributed by atoms with van der Waals surface area (Å²) in [7, 11) is -3.62. The van der Waals surface area contributed by atoms with Crippen molar-refractivity contribution in [1.82, 2.24) is 4.31 Å². The number of sulfonamides is 1. The second-order valence-electron chi connectivity index (χ2n) is 8.24. The SMILES string of the molecule is CC1Cc2ccccc2N1C(=O)c1ccc(S(=O)(=O)N2CCc3ccccc3C2)cc1. The molecule has 6 heteroatoms. The average molecular weight is 433 g/mol. The van der Waals surface area contributed by atoms with Gasteiger partial charge in [0.15, 0.2) is 0 Å². The highest BCUT2D eigenvalue weighted by atomic mass is 32.2. The van der Waals surface area contributed by atoms with Crippen molar-refractivity contribution in [2.45, 2.75) is 37.2 Å². The average Bonchev–Trinajstić information content (AvgIpc) is 3.14. The number of carbonyl (C=O) groups is 1. The van der Waals surface area contributed by atoms with Gasteiger partial charge in [0.25, 0.3) is 5.91 Å². The van der Waals surface area contributed by atoms with Gasteiger partial charge in [-0.2, -0.15) is 4.31 Å². The first kappa shape index (κ1) is 20.0. The van der Waals surface area contributed by atoms with Crippen LogP contribution in [0.25, 0.3) is 0 Å². The molecule has 0 saturated carbocycles. The molecule has 2 aliphatic rings. The molecule has 0 N–H and O–H groups in total. The van der Waals surface area contributed by atoms with Gasteiger partial charge in [-0.05, 0) is 66.8 Å². The molecule has 5 rings (SSSR count). The number of para-hydroxylation sites is 1. The van der Waals surface area contributed by atoms with Crippen molar-refractivity contribution < 1.29 is 13.2 Å². The second-order valence-corrected chi connectivity index (χ2v) is 10.2. The largest absolute Gasteiger partial charge is 0.305 e. The van der Waals surface area contributed by atoms with Crippen LogP contribution in [-0.4, -0.2) is 31.2 Å². The lowest BCUT2D eigenvalue weighted by Crippen LogP contribution is -2.36. The van der Waals surface area contributed by atoms with Crippen molar-refractivity contribution in [2.75, 3.05) is 11.4 Å². The van der Waals surface area contributed by atoms with E-state index in [2.05, 4.69) is 6.07 Å². The fraction of sp³-hybridized carbons (Fsp3) is 0.240. The molecule has 3 aromatic rings. The molecule has 0 aromatic heterocycles. The first-order chi connectivity index (χ1) is 14.9. The molecule has 0 aliphatic carbocycles. The van der Waals surface area contributed by atoms with E-state index in [9.17, 15) is 13.2 Å². The Morgan fingerprint density at radius 1 is 0.871 bits per heavy atom. The summed E-state index contributed by atoms with van der Waals surface area (Å²) < 4.78 is 27.9. The number of rotatable bonds is 3. The Labute approximate surface area is 183 Å². The Kier molecular flexibility index (Phi) is 4.91. The zero-order valence-corrected chi connectivity index (χ0v) is 18.2. The lowest BCUT2D eigenvalue weighted by molar-refractivity contribution is 0.0981. The van der Waals surface area contributed by atoms with E-state index < -0.39 is 10.0 Å². The van der Waals surface area contributed by atoms with Gasteiger partial charge in [0.2, 0.25) is 10.0 Å². The van der Waals surface area contributed by atoms with E-state index in [4.69, 9.17) is 0 Å². The molecule has 31 heavy (non-hydrogen) atoms. The summed E-state index contributed by atoms with van der Waals surface area (Å²) in [6.07, 6.45) is 1.53. The number of hydrogen-bond donors (Lipinski definition) is 0. The van der Waals surface area contributed by atoms with Crippen LogP contribution in [0.4, 0.5) is 5.69 Å². The fourth-order valence-corrected chi connectivity index (χ4v) is 6.03. The van der Waals surface area contributed by atoms with E-state index in [0.29, 0.717) is 25.1 Å². The number of nitrogens with zero attached hydrogens (tertiary/aromatic N) is 2. The van der Waals surface area contributed by atoms with Gasteiger partial charge in [-0.3, -0.25) is 4.79 Å². The number of carbonyl (C=O) groups excluding carboxylic acids is 1. The minimum absolute atomic E-state index is 0.0710. The number of amides is 1. The zero-order chi connectivity index (χ0) is 21.6. The predicted octanol–water partition coefficient (Wildman–Crippen LogP) is 4.03. The maximum Gasteiger partial charge on any atom is 0.258 e. The minimum atomic E-state index is -3.62. The van der Waals surface area contributed by atoms with Gasteiger partial charge in [0.1, 0.15) is 0 Å².